The highest BCUT2D eigenvalue weighted by atomic mass is 19.4. The summed E-state index contributed by atoms with van der Waals surface area (Å²) >= 11 is 0. The maximum Gasteiger partial charge on any atom is 0.419 e. The normalized spacial score (nSPS) is 16.6. The number of para-hydroxylation sites is 1. The zero-order valence-corrected chi connectivity index (χ0v) is 16.5. The number of nitrogens with one attached hydrogen (secondary N) is 2. The molecule has 3 rings (SSSR count). The van der Waals surface area contributed by atoms with Crippen LogP contribution in [0.15, 0.2) is 42.6 Å². The van der Waals surface area contributed by atoms with Crippen LogP contribution in [-0.4, -0.2) is 36.4 Å². The number of rotatable bonds is 7. The molecule has 2 amide bonds. The molecule has 160 valence electrons. The maximum absolute atomic E-state index is 13.0. The topological polar surface area (TPSA) is 74.3 Å². The monoisotopic (exact) mass is 420 g/mol. The quantitative estimate of drug-likeness (QED) is 0.675. The second kappa shape index (κ2) is 9.15. The molecule has 0 saturated carbocycles. The molecule has 1 atom stereocenters. The van der Waals surface area contributed by atoms with Gasteiger partial charge in [-0.1, -0.05) is 25.1 Å². The molecular weight excluding hydrogens is 397 g/mol. The Labute approximate surface area is 172 Å². The van der Waals surface area contributed by atoms with Gasteiger partial charge in [-0.15, -0.1) is 0 Å². The van der Waals surface area contributed by atoms with Crippen LogP contribution in [-0.2, 0) is 22.2 Å². The van der Waals surface area contributed by atoms with Crippen molar-refractivity contribution in [2.24, 2.45) is 5.92 Å². The Morgan fingerprint density at radius 1 is 1.20 bits per heavy atom. The van der Waals surface area contributed by atoms with Crippen LogP contribution in [0, 0.1) is 5.92 Å². The standard InChI is InChI=1S/C21H23F3N4O2/c1-2-14-6-3-4-8-17(14)28-13-15(12-18(28)29)20(30)27-11-10-26-19-16(21(22,23)24)7-5-9-25-19/h3-9,15H,2,10-13H2,1H3,(H,25,26)(H,27,30). The molecule has 9 heteroatoms. The van der Waals surface area contributed by atoms with Crippen molar-refractivity contribution in [2.75, 3.05) is 29.9 Å². The first kappa shape index (κ1) is 21.6. The van der Waals surface area contributed by atoms with Crippen LogP contribution in [0.4, 0.5) is 24.7 Å². The molecule has 0 radical (unpaired) electrons. The van der Waals surface area contributed by atoms with E-state index in [4.69, 9.17) is 0 Å². The summed E-state index contributed by atoms with van der Waals surface area (Å²) in [6.45, 7) is 2.48. The van der Waals surface area contributed by atoms with Crippen LogP contribution in [0.1, 0.15) is 24.5 Å². The van der Waals surface area contributed by atoms with E-state index in [9.17, 15) is 22.8 Å². The Kier molecular flexibility index (Phi) is 6.59. The van der Waals surface area contributed by atoms with Crippen molar-refractivity contribution in [3.05, 3.63) is 53.7 Å². The second-order valence-corrected chi connectivity index (χ2v) is 7.00. The van der Waals surface area contributed by atoms with Crippen molar-refractivity contribution in [3.8, 4) is 0 Å². The van der Waals surface area contributed by atoms with Gasteiger partial charge in [0.15, 0.2) is 0 Å². The lowest BCUT2D eigenvalue weighted by atomic mass is 10.1. The Balaban J connectivity index is 1.53. The van der Waals surface area contributed by atoms with Gasteiger partial charge in [0.1, 0.15) is 5.82 Å². The Hall–Kier alpha value is -3.10. The minimum Gasteiger partial charge on any atom is -0.368 e. The van der Waals surface area contributed by atoms with Gasteiger partial charge in [0.25, 0.3) is 0 Å². The van der Waals surface area contributed by atoms with Gasteiger partial charge in [-0.2, -0.15) is 13.2 Å². The van der Waals surface area contributed by atoms with E-state index in [1.54, 1.807) is 4.90 Å². The summed E-state index contributed by atoms with van der Waals surface area (Å²) in [7, 11) is 0. The summed E-state index contributed by atoms with van der Waals surface area (Å²) in [6.07, 6.45) is -2.36. The van der Waals surface area contributed by atoms with E-state index in [2.05, 4.69) is 15.6 Å². The zero-order valence-electron chi connectivity index (χ0n) is 16.5. The smallest absolute Gasteiger partial charge is 0.368 e. The molecule has 1 aromatic heterocycles. The number of aromatic nitrogens is 1. The Bertz CT molecular complexity index is 917. The number of pyridine rings is 1. The van der Waals surface area contributed by atoms with E-state index in [1.807, 2.05) is 31.2 Å². The molecule has 2 aromatic rings. The Morgan fingerprint density at radius 3 is 2.70 bits per heavy atom. The van der Waals surface area contributed by atoms with Gasteiger partial charge in [0, 0.05) is 37.9 Å². The summed E-state index contributed by atoms with van der Waals surface area (Å²) < 4.78 is 38.9. The molecule has 6 nitrogen and oxygen atoms in total. The number of nitrogens with zero attached hydrogens (tertiary/aromatic N) is 2. The minimum absolute atomic E-state index is 0.0783. The van der Waals surface area contributed by atoms with Gasteiger partial charge in [0.2, 0.25) is 11.8 Å². The molecule has 1 fully saturated rings. The van der Waals surface area contributed by atoms with Crippen molar-refractivity contribution < 1.29 is 22.8 Å². The molecule has 2 heterocycles. The molecule has 1 saturated heterocycles. The molecular formula is C21H23F3N4O2. The van der Waals surface area contributed by atoms with Gasteiger partial charge in [0.05, 0.1) is 11.5 Å². The third kappa shape index (κ3) is 4.90. The number of alkyl halides is 3. The predicted octanol–water partition coefficient (Wildman–Crippen LogP) is 3.24. The van der Waals surface area contributed by atoms with E-state index >= 15 is 0 Å². The molecule has 0 spiro atoms. The number of anilines is 2. The molecule has 1 unspecified atom stereocenters. The number of halogens is 3. The number of benzene rings is 1. The first-order chi connectivity index (χ1) is 14.3. The van der Waals surface area contributed by atoms with Crippen LogP contribution < -0.4 is 15.5 Å². The number of hydrogen-bond donors (Lipinski definition) is 2. The summed E-state index contributed by atoms with van der Waals surface area (Å²) in [5.74, 6) is -1.18. The lowest BCUT2D eigenvalue weighted by molar-refractivity contribution is -0.137. The fourth-order valence-electron chi connectivity index (χ4n) is 3.48. The highest BCUT2D eigenvalue weighted by Gasteiger charge is 2.36. The van der Waals surface area contributed by atoms with Gasteiger partial charge >= 0.3 is 6.18 Å². The van der Waals surface area contributed by atoms with Gasteiger partial charge in [-0.25, -0.2) is 4.98 Å². The molecule has 0 aliphatic carbocycles. The lowest BCUT2D eigenvalue weighted by Gasteiger charge is -2.20. The number of hydrogen-bond acceptors (Lipinski definition) is 4. The zero-order chi connectivity index (χ0) is 21.7. The summed E-state index contributed by atoms with van der Waals surface area (Å²) in [5.41, 5.74) is 0.992. The van der Waals surface area contributed by atoms with E-state index in [-0.39, 0.29) is 43.7 Å². The lowest BCUT2D eigenvalue weighted by Crippen LogP contribution is -2.35. The van der Waals surface area contributed by atoms with Crippen molar-refractivity contribution in [2.45, 2.75) is 25.9 Å². The summed E-state index contributed by atoms with van der Waals surface area (Å²) in [6, 6.07) is 9.75. The second-order valence-electron chi connectivity index (χ2n) is 7.00. The maximum atomic E-state index is 13.0. The minimum atomic E-state index is -4.51. The average molecular weight is 420 g/mol. The molecule has 30 heavy (non-hydrogen) atoms. The van der Waals surface area contributed by atoms with Gasteiger partial charge < -0.3 is 15.5 Å². The van der Waals surface area contributed by atoms with Gasteiger partial charge in [-0.3, -0.25) is 9.59 Å². The molecule has 0 bridgehead atoms. The Morgan fingerprint density at radius 2 is 1.97 bits per heavy atom. The fraction of sp³-hybridized carbons (Fsp3) is 0.381. The highest BCUT2D eigenvalue weighted by molar-refractivity contribution is 6.00. The van der Waals surface area contributed by atoms with E-state index in [1.165, 1.54) is 12.3 Å². The highest BCUT2D eigenvalue weighted by Crippen LogP contribution is 2.33. The van der Waals surface area contributed by atoms with E-state index in [0.717, 1.165) is 23.7 Å². The SMILES string of the molecule is CCc1ccccc1N1CC(C(=O)NCCNc2ncccc2C(F)(F)F)CC1=O. The third-order valence-electron chi connectivity index (χ3n) is 4.99. The fourth-order valence-corrected chi connectivity index (χ4v) is 3.48. The number of amides is 2. The van der Waals surface area contributed by atoms with E-state index in [0.29, 0.717) is 0 Å². The van der Waals surface area contributed by atoms with Crippen molar-refractivity contribution in [1.29, 1.82) is 0 Å². The van der Waals surface area contributed by atoms with Gasteiger partial charge in [-0.05, 0) is 30.2 Å². The largest absolute Gasteiger partial charge is 0.419 e. The number of carbonyl (C=O) groups is 2. The van der Waals surface area contributed by atoms with Crippen LogP contribution in [0.25, 0.3) is 0 Å². The van der Waals surface area contributed by atoms with Crippen LogP contribution >= 0.6 is 0 Å². The molecule has 2 N–H and O–H groups in total. The predicted molar refractivity (Wildman–Crippen MR) is 107 cm³/mol. The number of carbonyl (C=O) groups excluding carboxylic acids is 2. The third-order valence-corrected chi connectivity index (χ3v) is 4.99. The van der Waals surface area contributed by atoms with Crippen molar-refractivity contribution >= 4 is 23.3 Å². The van der Waals surface area contributed by atoms with Crippen LogP contribution in [0.3, 0.4) is 0 Å². The summed E-state index contributed by atoms with van der Waals surface area (Å²) in [4.78, 5) is 30.2. The molecule has 1 aliphatic heterocycles. The van der Waals surface area contributed by atoms with E-state index < -0.39 is 17.7 Å². The number of aryl methyl sites for hydroxylation is 1. The first-order valence-electron chi connectivity index (χ1n) is 9.73. The van der Waals surface area contributed by atoms with Crippen LogP contribution in [0.5, 0.6) is 0 Å². The van der Waals surface area contributed by atoms with Crippen LogP contribution in [0.2, 0.25) is 0 Å². The molecule has 1 aliphatic rings. The first-order valence-corrected chi connectivity index (χ1v) is 9.73. The average Bonchev–Trinajstić information content (AvgIpc) is 3.12. The summed E-state index contributed by atoms with van der Waals surface area (Å²) in [5, 5.41) is 5.29. The van der Waals surface area contributed by atoms with Crippen molar-refractivity contribution in [3.63, 3.8) is 0 Å². The van der Waals surface area contributed by atoms with Crippen molar-refractivity contribution in [1.82, 2.24) is 10.3 Å². The molecule has 1 aromatic carbocycles.